The molecule has 5 nitrogen and oxygen atoms in total. The SMILES string of the molecule is COc1cc2ncc(C(N)=O)c(NCc3c(F)cc(Br)cc3F)c2cc1F. The lowest BCUT2D eigenvalue weighted by molar-refractivity contribution is 0.100. The fourth-order valence-corrected chi connectivity index (χ4v) is 3.05. The molecule has 3 N–H and O–H groups in total. The quantitative estimate of drug-likeness (QED) is 0.626. The van der Waals surface area contributed by atoms with E-state index in [0.29, 0.717) is 5.52 Å². The van der Waals surface area contributed by atoms with Gasteiger partial charge >= 0.3 is 0 Å². The van der Waals surface area contributed by atoms with Crippen molar-refractivity contribution in [3.05, 3.63) is 63.5 Å². The fraction of sp³-hybridized carbons (Fsp3) is 0.111. The minimum atomic E-state index is -0.820. The molecule has 9 heteroatoms. The van der Waals surface area contributed by atoms with E-state index in [0.717, 1.165) is 18.2 Å². The number of benzene rings is 2. The van der Waals surface area contributed by atoms with E-state index in [1.807, 2.05) is 0 Å². The zero-order valence-electron chi connectivity index (χ0n) is 13.9. The number of amides is 1. The maximum absolute atomic E-state index is 14.1. The van der Waals surface area contributed by atoms with Crippen LogP contribution in [0.25, 0.3) is 10.9 Å². The lowest BCUT2D eigenvalue weighted by Gasteiger charge is -2.15. The van der Waals surface area contributed by atoms with Gasteiger partial charge in [0.1, 0.15) is 11.6 Å². The molecule has 1 heterocycles. The zero-order valence-corrected chi connectivity index (χ0v) is 15.5. The van der Waals surface area contributed by atoms with Crippen molar-refractivity contribution in [3.8, 4) is 5.75 Å². The second-order valence-electron chi connectivity index (χ2n) is 5.62. The summed E-state index contributed by atoms with van der Waals surface area (Å²) in [6, 6.07) is 4.69. The Bertz CT molecular complexity index is 1040. The summed E-state index contributed by atoms with van der Waals surface area (Å²) >= 11 is 3.00. The normalized spacial score (nSPS) is 10.9. The molecule has 2 aromatic carbocycles. The number of carbonyl (C=O) groups is 1. The van der Waals surface area contributed by atoms with Crippen LogP contribution in [-0.2, 0) is 6.54 Å². The molecule has 0 aliphatic carbocycles. The lowest BCUT2D eigenvalue weighted by Crippen LogP contribution is -2.16. The molecule has 3 aromatic rings. The summed E-state index contributed by atoms with van der Waals surface area (Å²) in [4.78, 5) is 15.8. The first-order valence-corrected chi connectivity index (χ1v) is 8.44. The van der Waals surface area contributed by atoms with E-state index >= 15 is 0 Å². The number of fused-ring (bicyclic) bond motifs is 1. The summed E-state index contributed by atoms with van der Waals surface area (Å²) in [7, 11) is 1.31. The molecule has 0 spiro atoms. The molecular weight excluding hydrogens is 427 g/mol. The zero-order chi connectivity index (χ0) is 19.7. The topological polar surface area (TPSA) is 77.2 Å². The van der Waals surface area contributed by atoms with Gasteiger partial charge in [-0.25, -0.2) is 13.2 Å². The Labute approximate surface area is 160 Å². The number of primary amides is 1. The molecule has 0 fully saturated rings. The van der Waals surface area contributed by atoms with Crippen LogP contribution in [0.15, 0.2) is 34.9 Å². The number of rotatable bonds is 5. The Morgan fingerprint density at radius 2 is 1.85 bits per heavy atom. The molecule has 140 valence electrons. The highest BCUT2D eigenvalue weighted by Crippen LogP contribution is 2.31. The molecule has 0 aliphatic rings. The van der Waals surface area contributed by atoms with Gasteiger partial charge in [0.25, 0.3) is 5.91 Å². The van der Waals surface area contributed by atoms with Crippen LogP contribution in [0, 0.1) is 17.5 Å². The van der Waals surface area contributed by atoms with Gasteiger partial charge in [0.05, 0.1) is 23.9 Å². The molecule has 0 bridgehead atoms. The molecule has 0 radical (unpaired) electrons. The number of anilines is 1. The third-order valence-corrected chi connectivity index (χ3v) is 4.41. The van der Waals surface area contributed by atoms with Crippen LogP contribution in [0.1, 0.15) is 15.9 Å². The highest BCUT2D eigenvalue weighted by molar-refractivity contribution is 9.10. The first kappa shape index (κ1) is 19.0. The Kier molecular flexibility index (Phi) is 5.22. The Hall–Kier alpha value is -2.81. The number of hydrogen-bond acceptors (Lipinski definition) is 4. The molecule has 0 aliphatic heterocycles. The molecule has 27 heavy (non-hydrogen) atoms. The van der Waals surface area contributed by atoms with E-state index in [2.05, 4.69) is 26.2 Å². The van der Waals surface area contributed by atoms with Crippen molar-refractivity contribution in [1.82, 2.24) is 4.98 Å². The van der Waals surface area contributed by atoms with Crippen LogP contribution in [0.5, 0.6) is 5.75 Å². The van der Waals surface area contributed by atoms with Gasteiger partial charge in [-0.1, -0.05) is 15.9 Å². The Morgan fingerprint density at radius 3 is 2.44 bits per heavy atom. The van der Waals surface area contributed by atoms with Gasteiger partial charge < -0.3 is 15.8 Å². The average Bonchev–Trinajstić information content (AvgIpc) is 2.60. The van der Waals surface area contributed by atoms with Gasteiger partial charge in [-0.2, -0.15) is 0 Å². The first-order valence-electron chi connectivity index (χ1n) is 7.65. The van der Waals surface area contributed by atoms with Crippen molar-refractivity contribution < 1.29 is 22.7 Å². The Morgan fingerprint density at radius 1 is 1.19 bits per heavy atom. The summed E-state index contributed by atoms with van der Waals surface area (Å²) < 4.78 is 47.4. The van der Waals surface area contributed by atoms with Crippen molar-refractivity contribution >= 4 is 38.4 Å². The van der Waals surface area contributed by atoms with Gasteiger partial charge in [-0.3, -0.25) is 9.78 Å². The number of nitrogens with one attached hydrogen (secondary N) is 1. The summed E-state index contributed by atoms with van der Waals surface area (Å²) in [5.41, 5.74) is 5.51. The summed E-state index contributed by atoms with van der Waals surface area (Å²) in [6.07, 6.45) is 1.21. The first-order chi connectivity index (χ1) is 12.8. The van der Waals surface area contributed by atoms with Crippen molar-refractivity contribution in [2.45, 2.75) is 6.54 Å². The molecular formula is C18H13BrF3N3O2. The molecule has 1 aromatic heterocycles. The van der Waals surface area contributed by atoms with Crippen LogP contribution in [0.4, 0.5) is 18.9 Å². The van der Waals surface area contributed by atoms with Crippen molar-refractivity contribution in [1.29, 1.82) is 0 Å². The van der Waals surface area contributed by atoms with E-state index in [4.69, 9.17) is 10.5 Å². The number of nitrogens with zero attached hydrogens (tertiary/aromatic N) is 1. The van der Waals surface area contributed by atoms with Crippen LogP contribution in [0.2, 0.25) is 0 Å². The van der Waals surface area contributed by atoms with Crippen molar-refractivity contribution in [2.75, 3.05) is 12.4 Å². The van der Waals surface area contributed by atoms with Crippen LogP contribution < -0.4 is 15.8 Å². The highest BCUT2D eigenvalue weighted by atomic mass is 79.9. The molecule has 0 saturated heterocycles. The van der Waals surface area contributed by atoms with E-state index in [1.54, 1.807) is 0 Å². The highest BCUT2D eigenvalue weighted by Gasteiger charge is 2.18. The molecule has 0 atom stereocenters. The van der Waals surface area contributed by atoms with Crippen molar-refractivity contribution in [3.63, 3.8) is 0 Å². The molecule has 0 unspecified atom stereocenters. The van der Waals surface area contributed by atoms with Gasteiger partial charge in [0, 0.05) is 34.2 Å². The number of aromatic nitrogens is 1. The second kappa shape index (κ2) is 7.43. The number of hydrogen-bond donors (Lipinski definition) is 2. The second-order valence-corrected chi connectivity index (χ2v) is 6.53. The smallest absolute Gasteiger partial charge is 0.252 e. The molecule has 3 rings (SSSR count). The van der Waals surface area contributed by atoms with Gasteiger partial charge in [0.2, 0.25) is 0 Å². The van der Waals surface area contributed by atoms with E-state index in [9.17, 15) is 18.0 Å². The number of nitrogens with two attached hydrogens (primary N) is 1. The van der Waals surface area contributed by atoms with Crippen molar-refractivity contribution in [2.24, 2.45) is 5.73 Å². The minimum absolute atomic E-state index is 0.0298. The van der Waals surface area contributed by atoms with E-state index in [-0.39, 0.29) is 39.0 Å². The lowest BCUT2D eigenvalue weighted by atomic mass is 10.1. The average molecular weight is 440 g/mol. The fourth-order valence-electron chi connectivity index (χ4n) is 2.64. The number of halogens is 4. The van der Waals surface area contributed by atoms with Crippen LogP contribution in [0.3, 0.4) is 0 Å². The Balaban J connectivity index is 2.10. The summed E-state index contributed by atoms with van der Waals surface area (Å²) in [6.45, 7) is -0.294. The number of pyridine rings is 1. The number of methoxy groups -OCH3 is 1. The number of carbonyl (C=O) groups excluding carboxylic acids is 1. The monoisotopic (exact) mass is 439 g/mol. The summed E-state index contributed by atoms with van der Waals surface area (Å²) in [5.74, 6) is -3.09. The number of ether oxygens (including phenoxy) is 1. The summed E-state index contributed by atoms with van der Waals surface area (Å²) in [5, 5.41) is 3.00. The van der Waals surface area contributed by atoms with E-state index < -0.39 is 23.4 Å². The third-order valence-electron chi connectivity index (χ3n) is 3.95. The largest absolute Gasteiger partial charge is 0.494 e. The van der Waals surface area contributed by atoms with Crippen LogP contribution >= 0.6 is 15.9 Å². The van der Waals surface area contributed by atoms with Gasteiger partial charge in [0.15, 0.2) is 11.6 Å². The van der Waals surface area contributed by atoms with Gasteiger partial charge in [-0.15, -0.1) is 0 Å². The molecule has 1 amide bonds. The maximum Gasteiger partial charge on any atom is 0.252 e. The third kappa shape index (κ3) is 3.68. The predicted molar refractivity (Wildman–Crippen MR) is 98.2 cm³/mol. The van der Waals surface area contributed by atoms with E-state index in [1.165, 1.54) is 19.4 Å². The van der Waals surface area contributed by atoms with Gasteiger partial charge in [-0.05, 0) is 18.2 Å². The standard InChI is InChI=1S/C18H13BrF3N3O2/c1-27-16-5-15-9(4-14(16)22)17(11(7-24-15)18(23)26)25-6-10-12(20)2-8(19)3-13(10)21/h2-5,7H,6H2,1H3,(H2,23,26)(H,24,25). The van der Waals surface area contributed by atoms with Crippen LogP contribution in [-0.4, -0.2) is 18.0 Å². The predicted octanol–water partition coefficient (Wildman–Crippen LogP) is 4.13. The molecule has 0 saturated carbocycles. The maximum atomic E-state index is 14.1. The minimum Gasteiger partial charge on any atom is -0.494 e.